The van der Waals surface area contributed by atoms with Crippen molar-refractivity contribution in [1.29, 1.82) is 0 Å². The van der Waals surface area contributed by atoms with Gasteiger partial charge in [-0.25, -0.2) is 0 Å². The van der Waals surface area contributed by atoms with Crippen molar-refractivity contribution in [2.45, 2.75) is 134 Å². The molecule has 8 unspecified atom stereocenters. The fourth-order valence-corrected chi connectivity index (χ4v) is 8.59. The number of carbonyl (C=O) groups is 11. The predicted molar refractivity (Wildman–Crippen MR) is 253 cm³/mol. The first kappa shape index (κ1) is 51.9. The lowest BCUT2D eigenvalue weighted by molar-refractivity contribution is -0.142. The average Bonchev–Trinajstić information content (AvgIpc) is 3.79. The number of thioether (sulfide) groups is 1. The maximum atomic E-state index is 14.5. The molecule has 2 fully saturated rings. The minimum atomic E-state index is -2.72. The number of carbonyl (C=O) groups excluding carboxylic acids is 11. The first-order chi connectivity index (χ1) is 33.8. The van der Waals surface area contributed by atoms with E-state index in [4.69, 9.17) is 26.1 Å². The van der Waals surface area contributed by atoms with E-state index in [1.165, 1.54) is 29.2 Å². The Morgan fingerprint density at radius 1 is 0.841 bits per heavy atom. The van der Waals surface area contributed by atoms with E-state index >= 15 is 0 Å². The van der Waals surface area contributed by atoms with Gasteiger partial charge in [0.1, 0.15) is 48.0 Å². The van der Waals surface area contributed by atoms with Crippen LogP contribution in [0.15, 0.2) is 24.3 Å². The lowest BCUT2D eigenvalue weighted by Gasteiger charge is -2.31. The molecule has 69 heavy (non-hydrogen) atoms. The summed E-state index contributed by atoms with van der Waals surface area (Å²) in [5, 5.41) is 18.0. The summed E-state index contributed by atoms with van der Waals surface area (Å²) in [6.45, 7) is 6.61. The number of nitrogens with two attached hydrogens (primary N) is 3. The van der Waals surface area contributed by atoms with Gasteiger partial charge in [0.15, 0.2) is 0 Å². The van der Waals surface area contributed by atoms with E-state index in [2.05, 4.69) is 37.2 Å². The molecule has 2 aliphatic heterocycles. The van der Waals surface area contributed by atoms with Gasteiger partial charge < -0.3 is 64.1 Å². The number of rotatable bonds is 18. The van der Waals surface area contributed by atoms with Crippen molar-refractivity contribution >= 4 is 76.7 Å². The molecule has 8 atom stereocenters. The molecule has 0 radical (unpaired) electrons. The quantitative estimate of drug-likeness (QED) is 0.0728. The highest BCUT2D eigenvalue weighted by atomic mass is 32.2. The summed E-state index contributed by atoms with van der Waals surface area (Å²) in [6, 6.07) is -3.82. The van der Waals surface area contributed by atoms with Crippen LogP contribution in [0.1, 0.15) is 95.2 Å². The highest BCUT2D eigenvalue weighted by Crippen LogP contribution is 2.22. The molecule has 13 N–H and O–H groups in total. The fourth-order valence-electron chi connectivity index (χ4n) is 7.61. The molecule has 0 spiro atoms. The molecule has 23 nitrogen and oxygen atoms in total. The van der Waals surface area contributed by atoms with Crippen molar-refractivity contribution < 1.29 is 61.6 Å². The van der Waals surface area contributed by atoms with Gasteiger partial charge in [0.05, 0.1) is 24.1 Å². The Hall–Kier alpha value is -6.46. The van der Waals surface area contributed by atoms with Crippen molar-refractivity contribution in [3.05, 3.63) is 29.8 Å². The molecule has 382 valence electrons. The van der Waals surface area contributed by atoms with Gasteiger partial charge in [-0.3, -0.25) is 52.7 Å². The Kier molecular flexibility index (Phi) is 21.2. The summed E-state index contributed by atoms with van der Waals surface area (Å²) in [5.74, 6) is -9.71. The third-order valence-electron chi connectivity index (χ3n) is 11.5. The molecule has 3 rings (SSSR count). The molecule has 2 aliphatic rings. The maximum Gasteiger partial charge on any atom is 0.246 e. The summed E-state index contributed by atoms with van der Waals surface area (Å²) >= 11 is 1.15. The number of nitrogens with zero attached hydrogens (tertiary/aromatic N) is 1. The van der Waals surface area contributed by atoms with Crippen molar-refractivity contribution in [2.24, 2.45) is 29.0 Å². The third kappa shape index (κ3) is 18.9. The van der Waals surface area contributed by atoms with Crippen molar-refractivity contribution in [1.82, 2.24) is 42.1 Å². The standard InChI is InChI=1S/C45H69N11O12S/c1-6-25(4)38-44(66)51-28(15-16-34(46)57)40(62)52-31(21-35(47)58)41(63)54-32(23-69-18-8-10-37(60)50-30(42(64)55-38)20-26-11-13-27(68-5)14-12-26)45(67)56-17-7-9-33(56)43(65)53-29(19-24(2)3)39(61)49-22-36(48)59/h11-14,24-25,28-33,38H,6-10,15-23H2,1-5H3,(H2,46,57)(H2,47,58)(H2,48,59)(H,49,61)(H,50,60)(H,51,66)(H,52,62)(H,53,65)(H,54,63)(H,55,64)/i5D3. The summed E-state index contributed by atoms with van der Waals surface area (Å²) in [5.41, 5.74) is 16.6. The molecule has 2 saturated heterocycles. The number of hydrogen-bond donors (Lipinski definition) is 10. The highest BCUT2D eigenvalue weighted by molar-refractivity contribution is 7.99. The van der Waals surface area contributed by atoms with Crippen LogP contribution in [0.3, 0.4) is 0 Å². The largest absolute Gasteiger partial charge is 0.497 e. The fraction of sp³-hybridized carbons (Fsp3) is 0.622. The van der Waals surface area contributed by atoms with Crippen LogP contribution in [0.25, 0.3) is 0 Å². The SMILES string of the molecule is [2H]C([2H])([2H])Oc1ccc(CC2NC(=O)CCCSCC(C(=O)N3CCCC3C(=O)NC(CC(C)C)C(=O)NCC(N)=O)NC(=O)C(CC(N)=O)NC(=O)C(CCC(N)=O)NC(=O)C(C(C)CC)NC2=O)cc1. The summed E-state index contributed by atoms with van der Waals surface area (Å²) in [6.07, 6.45) is -0.656. The Morgan fingerprint density at radius 3 is 2.13 bits per heavy atom. The van der Waals surface area contributed by atoms with Crippen LogP contribution in [0.5, 0.6) is 5.75 Å². The molecule has 24 heteroatoms. The van der Waals surface area contributed by atoms with Gasteiger partial charge in [-0.2, -0.15) is 11.8 Å². The van der Waals surface area contributed by atoms with Gasteiger partial charge in [0.2, 0.25) is 65.0 Å². The molecule has 0 aromatic heterocycles. The average molecular weight is 991 g/mol. The van der Waals surface area contributed by atoms with E-state index in [1.54, 1.807) is 13.8 Å². The highest BCUT2D eigenvalue weighted by Gasteiger charge is 2.40. The first-order valence-corrected chi connectivity index (χ1v) is 24.0. The predicted octanol–water partition coefficient (Wildman–Crippen LogP) is -2.50. The summed E-state index contributed by atoms with van der Waals surface area (Å²) in [4.78, 5) is 148. The van der Waals surface area contributed by atoms with Crippen LogP contribution in [0.4, 0.5) is 0 Å². The van der Waals surface area contributed by atoms with Gasteiger partial charge in [-0.05, 0) is 67.4 Å². The Morgan fingerprint density at radius 2 is 1.51 bits per heavy atom. The molecule has 1 aromatic rings. The second-order valence-corrected chi connectivity index (χ2v) is 18.7. The van der Waals surface area contributed by atoms with E-state index < -0.39 is 146 Å². The number of ether oxygens (including phenoxy) is 1. The van der Waals surface area contributed by atoms with E-state index in [1.807, 2.05) is 13.8 Å². The van der Waals surface area contributed by atoms with Crippen molar-refractivity contribution in [2.75, 3.05) is 31.6 Å². The molecule has 0 aliphatic carbocycles. The maximum absolute atomic E-state index is 14.5. The van der Waals surface area contributed by atoms with E-state index in [0.29, 0.717) is 18.4 Å². The third-order valence-corrected chi connectivity index (χ3v) is 12.6. The van der Waals surface area contributed by atoms with E-state index in [9.17, 15) is 52.7 Å². The van der Waals surface area contributed by atoms with Crippen LogP contribution in [-0.2, 0) is 59.2 Å². The molecule has 0 saturated carbocycles. The zero-order valence-electron chi connectivity index (χ0n) is 42.4. The monoisotopic (exact) mass is 991 g/mol. The minimum Gasteiger partial charge on any atom is -0.497 e. The minimum absolute atomic E-state index is 0.0236. The van der Waals surface area contributed by atoms with Gasteiger partial charge in [0, 0.05) is 31.6 Å². The molecule has 11 amide bonds. The molecule has 1 aromatic carbocycles. The van der Waals surface area contributed by atoms with Crippen molar-refractivity contribution in [3.8, 4) is 5.75 Å². The zero-order chi connectivity index (χ0) is 53.9. The van der Waals surface area contributed by atoms with Gasteiger partial charge in [-0.1, -0.05) is 46.2 Å². The number of nitrogens with one attached hydrogen (secondary N) is 7. The second-order valence-electron chi connectivity index (χ2n) is 17.5. The lowest BCUT2D eigenvalue weighted by Crippen LogP contribution is -2.61. The summed E-state index contributed by atoms with van der Waals surface area (Å²) in [7, 11) is -2.72. The van der Waals surface area contributed by atoms with Crippen molar-refractivity contribution in [3.63, 3.8) is 0 Å². The van der Waals surface area contributed by atoms with Crippen LogP contribution < -0.4 is 59.2 Å². The number of primary amides is 3. The molecule has 0 bridgehead atoms. The zero-order valence-corrected chi connectivity index (χ0v) is 40.2. The van der Waals surface area contributed by atoms with Gasteiger partial charge >= 0.3 is 0 Å². The van der Waals surface area contributed by atoms with Gasteiger partial charge in [-0.15, -0.1) is 0 Å². The summed E-state index contributed by atoms with van der Waals surface area (Å²) < 4.78 is 27.1. The molecular weight excluding hydrogens is 919 g/mol. The first-order valence-electron chi connectivity index (χ1n) is 24.4. The van der Waals surface area contributed by atoms with Crippen LogP contribution >= 0.6 is 11.8 Å². The number of amides is 11. The molecular formula is C45H69N11O12S. The normalized spacial score (nSPS) is 24.0. The Labute approximate surface area is 410 Å². The number of methoxy groups -OCH3 is 1. The van der Waals surface area contributed by atoms with E-state index in [0.717, 1.165) is 11.8 Å². The van der Waals surface area contributed by atoms with E-state index in [-0.39, 0.29) is 61.8 Å². The number of hydrogen-bond acceptors (Lipinski definition) is 13. The van der Waals surface area contributed by atoms with Crippen LogP contribution in [-0.4, -0.2) is 144 Å². The van der Waals surface area contributed by atoms with Crippen LogP contribution in [0.2, 0.25) is 0 Å². The smallest absolute Gasteiger partial charge is 0.246 e. The number of benzene rings is 1. The van der Waals surface area contributed by atoms with Crippen LogP contribution in [0, 0.1) is 11.8 Å². The molecule has 2 heterocycles. The second kappa shape index (κ2) is 28.1. The lowest BCUT2D eigenvalue weighted by atomic mass is 9.96. The Balaban J connectivity index is 2.03. The number of likely N-dealkylation sites (tertiary alicyclic amines) is 1. The topological polar surface area (TPSA) is 363 Å². The Bertz CT molecular complexity index is 2130. The van der Waals surface area contributed by atoms with Gasteiger partial charge in [0.25, 0.3) is 0 Å².